The van der Waals surface area contributed by atoms with Gasteiger partial charge in [-0.05, 0) is 63.4 Å². The summed E-state index contributed by atoms with van der Waals surface area (Å²) in [5.74, 6) is 0.131. The molecule has 0 radical (unpaired) electrons. The van der Waals surface area contributed by atoms with Crippen LogP contribution in [0.5, 0.6) is 11.5 Å². The number of thioether (sulfide) groups is 1. The minimum atomic E-state index is -0.483. The third kappa shape index (κ3) is 6.16. The zero-order valence-electron chi connectivity index (χ0n) is 19.3. The molecule has 0 aliphatic carbocycles. The van der Waals surface area contributed by atoms with E-state index in [1.807, 2.05) is 62.3 Å². The highest BCUT2D eigenvalue weighted by atomic mass is 32.2. The van der Waals surface area contributed by atoms with Gasteiger partial charge in [-0.3, -0.25) is 5.41 Å². The molecular formula is C25H29FN4O2S. The van der Waals surface area contributed by atoms with Crippen molar-refractivity contribution < 1.29 is 13.9 Å². The summed E-state index contributed by atoms with van der Waals surface area (Å²) in [7, 11) is 0. The monoisotopic (exact) mass is 468 g/mol. The Balaban J connectivity index is 2.15. The Bertz CT molecular complexity index is 1110. The van der Waals surface area contributed by atoms with E-state index in [-0.39, 0.29) is 17.7 Å². The van der Waals surface area contributed by atoms with Gasteiger partial charge in [0, 0.05) is 23.4 Å². The molecule has 2 aromatic carbocycles. The largest absolute Gasteiger partial charge is 0.494 e. The van der Waals surface area contributed by atoms with Gasteiger partial charge in [-0.25, -0.2) is 9.37 Å². The number of hydrogen-bond donors (Lipinski definition) is 2. The number of anilines is 2. The predicted molar refractivity (Wildman–Crippen MR) is 133 cm³/mol. The maximum atomic E-state index is 15.7. The first-order valence-electron chi connectivity index (χ1n) is 10.7. The SMILES string of the molecule is CCOc1cc(OC(C)C)c(F)c(N(Cc2cccc(SC)n2)c2ccc(C(=N)N)cc2)c1. The number of nitrogens with two attached hydrogens (primary N) is 1. The number of aromatic nitrogens is 1. The summed E-state index contributed by atoms with van der Waals surface area (Å²) in [4.78, 5) is 6.49. The molecular weight excluding hydrogens is 439 g/mol. The van der Waals surface area contributed by atoms with Gasteiger partial charge in [0.25, 0.3) is 0 Å². The fourth-order valence-electron chi connectivity index (χ4n) is 3.30. The van der Waals surface area contributed by atoms with Crippen LogP contribution in [-0.2, 0) is 6.54 Å². The molecule has 1 aromatic heterocycles. The Kier molecular flexibility index (Phi) is 8.16. The van der Waals surface area contributed by atoms with Crippen molar-refractivity contribution in [3.63, 3.8) is 0 Å². The molecule has 0 aliphatic heterocycles. The quantitative estimate of drug-likeness (QED) is 0.224. The number of nitrogens with zero attached hydrogens (tertiary/aromatic N) is 2. The molecule has 0 saturated heterocycles. The van der Waals surface area contributed by atoms with E-state index in [1.165, 1.54) is 0 Å². The number of hydrogen-bond acceptors (Lipinski definition) is 6. The Morgan fingerprint density at radius 3 is 2.52 bits per heavy atom. The predicted octanol–water partition coefficient (Wildman–Crippen LogP) is 5.75. The first-order valence-corrected chi connectivity index (χ1v) is 11.9. The van der Waals surface area contributed by atoms with Crippen molar-refractivity contribution in [2.24, 2.45) is 5.73 Å². The van der Waals surface area contributed by atoms with Gasteiger partial charge in [0.2, 0.25) is 0 Å². The van der Waals surface area contributed by atoms with Crippen molar-refractivity contribution in [1.29, 1.82) is 5.41 Å². The van der Waals surface area contributed by atoms with Gasteiger partial charge in [0.1, 0.15) is 11.6 Å². The smallest absolute Gasteiger partial charge is 0.188 e. The fourth-order valence-corrected chi connectivity index (χ4v) is 3.73. The molecule has 8 heteroatoms. The van der Waals surface area contributed by atoms with Crippen LogP contribution in [0.2, 0.25) is 0 Å². The molecule has 3 N–H and O–H groups in total. The van der Waals surface area contributed by atoms with Crippen molar-refractivity contribution in [2.75, 3.05) is 17.8 Å². The molecule has 0 unspecified atom stereocenters. The van der Waals surface area contributed by atoms with Gasteiger partial charge < -0.3 is 20.1 Å². The van der Waals surface area contributed by atoms with Crippen LogP contribution < -0.4 is 20.1 Å². The lowest BCUT2D eigenvalue weighted by atomic mass is 10.1. The minimum Gasteiger partial charge on any atom is -0.494 e. The number of pyridine rings is 1. The second-order valence-electron chi connectivity index (χ2n) is 7.57. The third-order valence-electron chi connectivity index (χ3n) is 4.76. The molecule has 3 aromatic rings. The number of halogens is 1. The Morgan fingerprint density at radius 1 is 1.18 bits per heavy atom. The molecule has 0 aliphatic rings. The first kappa shape index (κ1) is 24.4. The van der Waals surface area contributed by atoms with Crippen molar-refractivity contribution >= 4 is 29.0 Å². The Hall–Kier alpha value is -3.26. The number of benzene rings is 2. The van der Waals surface area contributed by atoms with Gasteiger partial charge in [-0.1, -0.05) is 6.07 Å². The highest BCUT2D eigenvalue weighted by Gasteiger charge is 2.21. The second-order valence-corrected chi connectivity index (χ2v) is 8.40. The molecule has 0 amide bonds. The van der Waals surface area contributed by atoms with Crippen LogP contribution in [0.3, 0.4) is 0 Å². The van der Waals surface area contributed by atoms with E-state index in [4.69, 9.17) is 20.6 Å². The molecule has 6 nitrogen and oxygen atoms in total. The summed E-state index contributed by atoms with van der Waals surface area (Å²) in [5, 5.41) is 8.54. The van der Waals surface area contributed by atoms with Crippen molar-refractivity contribution in [2.45, 2.75) is 38.4 Å². The molecule has 0 fully saturated rings. The van der Waals surface area contributed by atoms with Gasteiger partial charge >= 0.3 is 0 Å². The second kappa shape index (κ2) is 11.0. The molecule has 0 atom stereocenters. The number of nitrogens with one attached hydrogen (secondary N) is 1. The summed E-state index contributed by atoms with van der Waals surface area (Å²) in [5.41, 5.74) is 8.02. The normalized spacial score (nSPS) is 10.8. The van der Waals surface area contributed by atoms with Crippen LogP contribution in [0.25, 0.3) is 0 Å². The number of amidine groups is 1. The summed E-state index contributed by atoms with van der Waals surface area (Å²) in [6, 6.07) is 16.1. The fraction of sp³-hybridized carbons (Fsp3) is 0.280. The van der Waals surface area contributed by atoms with E-state index in [0.717, 1.165) is 16.4 Å². The molecule has 1 heterocycles. The van der Waals surface area contributed by atoms with Gasteiger partial charge in [-0.2, -0.15) is 0 Å². The first-order chi connectivity index (χ1) is 15.8. The highest BCUT2D eigenvalue weighted by molar-refractivity contribution is 7.98. The average Bonchev–Trinajstić information content (AvgIpc) is 2.79. The van der Waals surface area contributed by atoms with E-state index in [2.05, 4.69) is 4.98 Å². The maximum Gasteiger partial charge on any atom is 0.188 e. The molecule has 3 rings (SSSR count). The molecule has 0 bridgehead atoms. The van der Waals surface area contributed by atoms with Crippen LogP contribution in [0.1, 0.15) is 32.0 Å². The zero-order valence-corrected chi connectivity index (χ0v) is 20.1. The van der Waals surface area contributed by atoms with E-state index < -0.39 is 5.82 Å². The van der Waals surface area contributed by atoms with Crippen molar-refractivity contribution in [3.8, 4) is 11.5 Å². The van der Waals surface area contributed by atoms with Crippen LogP contribution in [0, 0.1) is 11.2 Å². The Labute approximate surface area is 198 Å². The van der Waals surface area contributed by atoms with E-state index in [0.29, 0.717) is 30.2 Å². The third-order valence-corrected chi connectivity index (χ3v) is 5.40. The lowest BCUT2D eigenvalue weighted by Gasteiger charge is -2.27. The summed E-state index contributed by atoms with van der Waals surface area (Å²) < 4.78 is 27.2. The van der Waals surface area contributed by atoms with Crippen LogP contribution in [0.15, 0.2) is 59.6 Å². The average molecular weight is 469 g/mol. The topological polar surface area (TPSA) is 84.5 Å². The van der Waals surface area contributed by atoms with Crippen LogP contribution in [0.4, 0.5) is 15.8 Å². The molecule has 33 heavy (non-hydrogen) atoms. The van der Waals surface area contributed by atoms with E-state index >= 15 is 4.39 Å². The minimum absolute atomic E-state index is 0.0282. The van der Waals surface area contributed by atoms with Gasteiger partial charge in [0.05, 0.1) is 35.7 Å². The maximum absolute atomic E-state index is 15.7. The Morgan fingerprint density at radius 2 is 1.91 bits per heavy atom. The van der Waals surface area contributed by atoms with Gasteiger partial charge in [-0.15, -0.1) is 11.8 Å². The number of ether oxygens (including phenoxy) is 2. The van der Waals surface area contributed by atoms with E-state index in [1.54, 1.807) is 36.0 Å². The lowest BCUT2D eigenvalue weighted by Crippen LogP contribution is -2.20. The van der Waals surface area contributed by atoms with Crippen molar-refractivity contribution in [3.05, 3.63) is 71.7 Å². The number of rotatable bonds is 10. The summed E-state index contributed by atoms with van der Waals surface area (Å²) >= 11 is 1.55. The lowest BCUT2D eigenvalue weighted by molar-refractivity contribution is 0.229. The summed E-state index contributed by atoms with van der Waals surface area (Å²) in [6.07, 6.45) is 1.76. The number of nitrogen functional groups attached to an aromatic ring is 1. The van der Waals surface area contributed by atoms with Gasteiger partial charge in [0.15, 0.2) is 11.6 Å². The van der Waals surface area contributed by atoms with Crippen LogP contribution >= 0.6 is 11.8 Å². The molecule has 0 spiro atoms. The zero-order chi connectivity index (χ0) is 24.0. The molecule has 0 saturated carbocycles. The molecule has 174 valence electrons. The highest BCUT2D eigenvalue weighted by Crippen LogP contribution is 2.38. The standard InChI is InChI=1S/C25H29FN4O2S/c1-5-31-20-13-21(24(26)22(14-20)32-16(2)3)30(15-18-7-6-8-23(29-18)33-4)19-11-9-17(10-12-19)25(27)28/h6-14,16H,5,15H2,1-4H3,(H3,27,28). The van der Waals surface area contributed by atoms with Crippen LogP contribution in [-0.4, -0.2) is 29.8 Å². The van der Waals surface area contributed by atoms with Crippen molar-refractivity contribution in [1.82, 2.24) is 4.98 Å². The summed E-state index contributed by atoms with van der Waals surface area (Å²) in [6.45, 7) is 6.34. The van der Waals surface area contributed by atoms with E-state index in [9.17, 15) is 0 Å².